The molecule has 0 saturated carbocycles. The molecular formula is C18H17N3O3. The number of hydrogen-bond acceptors (Lipinski definition) is 5. The Morgan fingerprint density at radius 1 is 1.12 bits per heavy atom. The van der Waals surface area contributed by atoms with E-state index in [1.54, 1.807) is 30.3 Å². The predicted molar refractivity (Wildman–Crippen MR) is 89.6 cm³/mol. The zero-order valence-electron chi connectivity index (χ0n) is 12.9. The van der Waals surface area contributed by atoms with Gasteiger partial charge >= 0.3 is 0 Å². The molecule has 2 rings (SSSR count). The number of amides is 1. The Hall–Kier alpha value is -3.30. The number of benzene rings is 2. The zero-order valence-corrected chi connectivity index (χ0v) is 12.9. The molecule has 0 radical (unpaired) electrons. The number of nitrogens with one attached hydrogen (secondary N) is 2. The van der Waals surface area contributed by atoms with E-state index >= 15 is 0 Å². The second-order valence-electron chi connectivity index (χ2n) is 5.00. The number of aliphatic hydroxyl groups excluding tert-OH is 1. The second kappa shape index (κ2) is 8.36. The maximum absolute atomic E-state index is 12.0. The number of carbonyl (C=O) groups excluding carboxylic acids is 1. The van der Waals surface area contributed by atoms with Gasteiger partial charge in [0.15, 0.2) is 0 Å². The lowest BCUT2D eigenvalue weighted by Crippen LogP contribution is -2.16. The van der Waals surface area contributed by atoms with Crippen molar-refractivity contribution in [2.45, 2.75) is 13.2 Å². The third-order valence-electron chi connectivity index (χ3n) is 3.28. The summed E-state index contributed by atoms with van der Waals surface area (Å²) < 4.78 is 0. The highest BCUT2D eigenvalue weighted by molar-refractivity contribution is 6.07. The molecule has 0 unspecified atom stereocenters. The normalized spacial score (nSPS) is 10.8. The van der Waals surface area contributed by atoms with Crippen LogP contribution in [-0.4, -0.2) is 16.1 Å². The van der Waals surface area contributed by atoms with E-state index in [0.717, 1.165) is 11.1 Å². The summed E-state index contributed by atoms with van der Waals surface area (Å²) in [6.07, 6.45) is 1.33. The van der Waals surface area contributed by atoms with Gasteiger partial charge in [0.25, 0.3) is 5.91 Å². The first kappa shape index (κ1) is 17.1. The molecular weight excluding hydrogens is 306 g/mol. The number of aromatic hydroxyl groups is 1. The van der Waals surface area contributed by atoms with Crippen molar-refractivity contribution in [3.8, 4) is 11.8 Å². The molecule has 0 aliphatic heterocycles. The number of aliphatic hydroxyl groups is 1. The zero-order chi connectivity index (χ0) is 17.4. The number of carbonyl (C=O) groups is 1. The Balaban J connectivity index is 1.97. The standard InChI is InChI=1S/C18H17N3O3/c19-9-15(18(24)21-16-3-1-2-4-17(16)23)11-20-10-13-5-7-14(12-22)8-6-13/h1-8,11,20,22-23H,10,12H2,(H,21,24)/b15-11-. The van der Waals surface area contributed by atoms with E-state index < -0.39 is 5.91 Å². The number of rotatable bonds is 6. The van der Waals surface area contributed by atoms with Crippen LogP contribution < -0.4 is 10.6 Å². The first-order valence-electron chi connectivity index (χ1n) is 7.25. The van der Waals surface area contributed by atoms with Crippen molar-refractivity contribution in [2.24, 2.45) is 0 Å². The largest absolute Gasteiger partial charge is 0.506 e. The van der Waals surface area contributed by atoms with E-state index in [4.69, 9.17) is 10.4 Å². The van der Waals surface area contributed by atoms with Gasteiger partial charge in [-0.15, -0.1) is 0 Å². The summed E-state index contributed by atoms with van der Waals surface area (Å²) in [6.45, 7) is 0.416. The first-order chi connectivity index (χ1) is 11.6. The maximum Gasteiger partial charge on any atom is 0.267 e. The number of hydrogen-bond donors (Lipinski definition) is 4. The first-order valence-corrected chi connectivity index (χ1v) is 7.25. The van der Waals surface area contributed by atoms with Crippen LogP contribution in [-0.2, 0) is 17.9 Å². The number of nitriles is 1. The van der Waals surface area contributed by atoms with Crippen LogP contribution in [0.15, 0.2) is 60.3 Å². The molecule has 6 heteroatoms. The van der Waals surface area contributed by atoms with Crippen molar-refractivity contribution >= 4 is 11.6 Å². The Bertz CT molecular complexity index is 777. The SMILES string of the molecule is N#C/C(=C/NCc1ccc(CO)cc1)C(=O)Nc1ccccc1O. The monoisotopic (exact) mass is 323 g/mol. The maximum atomic E-state index is 12.0. The molecule has 0 aromatic heterocycles. The quantitative estimate of drug-likeness (QED) is 0.370. The third-order valence-corrected chi connectivity index (χ3v) is 3.28. The van der Waals surface area contributed by atoms with E-state index in [9.17, 15) is 9.90 Å². The molecule has 0 fully saturated rings. The van der Waals surface area contributed by atoms with Crippen molar-refractivity contribution < 1.29 is 15.0 Å². The topological polar surface area (TPSA) is 105 Å². The van der Waals surface area contributed by atoms with E-state index in [-0.39, 0.29) is 23.6 Å². The molecule has 2 aromatic rings. The van der Waals surface area contributed by atoms with Crippen molar-refractivity contribution in [3.05, 3.63) is 71.4 Å². The molecule has 2 aromatic carbocycles. The molecule has 4 N–H and O–H groups in total. The number of phenolic OH excluding ortho intramolecular Hbond substituents is 1. The molecule has 6 nitrogen and oxygen atoms in total. The molecule has 0 heterocycles. The molecule has 24 heavy (non-hydrogen) atoms. The molecule has 122 valence electrons. The summed E-state index contributed by atoms with van der Waals surface area (Å²) in [6, 6.07) is 15.4. The minimum absolute atomic E-state index is 0.0152. The summed E-state index contributed by atoms with van der Waals surface area (Å²) in [4.78, 5) is 12.0. The smallest absolute Gasteiger partial charge is 0.267 e. The minimum atomic E-state index is -0.609. The lowest BCUT2D eigenvalue weighted by atomic mass is 10.1. The van der Waals surface area contributed by atoms with Crippen molar-refractivity contribution in [1.29, 1.82) is 5.26 Å². The Kier molecular flexibility index (Phi) is 5.95. The fourth-order valence-electron chi connectivity index (χ4n) is 1.95. The summed E-state index contributed by atoms with van der Waals surface area (Å²) in [5.74, 6) is -0.679. The molecule has 0 bridgehead atoms. The molecule has 0 aliphatic rings. The van der Waals surface area contributed by atoms with Gasteiger partial charge < -0.3 is 20.8 Å². The van der Waals surface area contributed by atoms with Gasteiger partial charge in [0, 0.05) is 12.7 Å². The van der Waals surface area contributed by atoms with Gasteiger partial charge in [-0.25, -0.2) is 0 Å². The van der Waals surface area contributed by atoms with Crippen LogP contribution in [0.2, 0.25) is 0 Å². The van der Waals surface area contributed by atoms with Gasteiger partial charge in [0.1, 0.15) is 17.4 Å². The molecule has 1 amide bonds. The highest BCUT2D eigenvalue weighted by Crippen LogP contribution is 2.21. The van der Waals surface area contributed by atoms with Gasteiger partial charge in [0.2, 0.25) is 0 Å². The van der Waals surface area contributed by atoms with Crippen LogP contribution in [0.3, 0.4) is 0 Å². The molecule has 0 aliphatic carbocycles. The number of phenols is 1. The second-order valence-corrected chi connectivity index (χ2v) is 5.00. The Morgan fingerprint density at radius 3 is 2.42 bits per heavy atom. The summed E-state index contributed by atoms with van der Waals surface area (Å²) in [5.41, 5.74) is 1.89. The van der Waals surface area contributed by atoms with E-state index in [1.807, 2.05) is 18.2 Å². The van der Waals surface area contributed by atoms with Crippen LogP contribution in [0.4, 0.5) is 5.69 Å². The van der Waals surface area contributed by atoms with E-state index in [1.165, 1.54) is 12.3 Å². The number of para-hydroxylation sites is 2. The van der Waals surface area contributed by atoms with Crippen LogP contribution >= 0.6 is 0 Å². The van der Waals surface area contributed by atoms with Crippen LogP contribution in [0.25, 0.3) is 0 Å². The highest BCUT2D eigenvalue weighted by atomic mass is 16.3. The predicted octanol–water partition coefficient (Wildman–Crippen LogP) is 2.02. The van der Waals surface area contributed by atoms with Crippen molar-refractivity contribution in [3.63, 3.8) is 0 Å². The lowest BCUT2D eigenvalue weighted by molar-refractivity contribution is -0.112. The van der Waals surface area contributed by atoms with Crippen LogP contribution in [0.5, 0.6) is 5.75 Å². The highest BCUT2D eigenvalue weighted by Gasteiger charge is 2.11. The van der Waals surface area contributed by atoms with E-state index in [2.05, 4.69) is 10.6 Å². The number of anilines is 1. The summed E-state index contributed by atoms with van der Waals surface area (Å²) >= 11 is 0. The fraction of sp³-hybridized carbons (Fsp3) is 0.111. The number of nitrogens with zero attached hydrogens (tertiary/aromatic N) is 1. The fourth-order valence-corrected chi connectivity index (χ4v) is 1.95. The minimum Gasteiger partial charge on any atom is -0.506 e. The van der Waals surface area contributed by atoms with Crippen LogP contribution in [0.1, 0.15) is 11.1 Å². The van der Waals surface area contributed by atoms with E-state index in [0.29, 0.717) is 6.54 Å². The van der Waals surface area contributed by atoms with Crippen molar-refractivity contribution in [1.82, 2.24) is 5.32 Å². The van der Waals surface area contributed by atoms with Gasteiger partial charge in [-0.3, -0.25) is 4.79 Å². The molecule has 0 spiro atoms. The Morgan fingerprint density at radius 2 is 1.79 bits per heavy atom. The lowest BCUT2D eigenvalue weighted by Gasteiger charge is -2.07. The summed E-state index contributed by atoms with van der Waals surface area (Å²) in [5, 5.41) is 33.1. The average molecular weight is 323 g/mol. The van der Waals surface area contributed by atoms with Gasteiger partial charge in [-0.05, 0) is 23.3 Å². The van der Waals surface area contributed by atoms with Gasteiger partial charge in [0.05, 0.1) is 12.3 Å². The van der Waals surface area contributed by atoms with Gasteiger partial charge in [-0.1, -0.05) is 36.4 Å². The van der Waals surface area contributed by atoms with Gasteiger partial charge in [-0.2, -0.15) is 5.26 Å². The summed E-state index contributed by atoms with van der Waals surface area (Å²) in [7, 11) is 0. The third kappa shape index (κ3) is 4.60. The molecule has 0 atom stereocenters. The average Bonchev–Trinajstić information content (AvgIpc) is 2.61. The molecule has 0 saturated heterocycles. The van der Waals surface area contributed by atoms with Crippen molar-refractivity contribution in [2.75, 3.05) is 5.32 Å². The van der Waals surface area contributed by atoms with Crippen LogP contribution in [0, 0.1) is 11.3 Å². The Labute approximate surface area is 139 Å².